The maximum absolute atomic E-state index is 14.7. The van der Waals surface area contributed by atoms with Gasteiger partial charge in [0, 0.05) is 12.8 Å². The molecule has 3 unspecified atom stereocenters. The summed E-state index contributed by atoms with van der Waals surface area (Å²) in [7, 11) is 0. The Balaban J connectivity index is 1.30. The van der Waals surface area contributed by atoms with Crippen LogP contribution in [-0.4, -0.2) is 28.8 Å². The van der Waals surface area contributed by atoms with Crippen LogP contribution in [0.3, 0.4) is 0 Å². The molecule has 6 rings (SSSR count). The number of benzene rings is 3. The van der Waals surface area contributed by atoms with Crippen molar-refractivity contribution in [3.8, 4) is 17.2 Å². The highest BCUT2D eigenvalue weighted by atomic mass is 16.7. The number of rotatable bonds is 11. The van der Waals surface area contributed by atoms with E-state index in [1.807, 2.05) is 70.2 Å². The Labute approximate surface area is 289 Å². The van der Waals surface area contributed by atoms with Crippen LogP contribution in [0, 0.1) is 10.8 Å². The summed E-state index contributed by atoms with van der Waals surface area (Å²) in [6, 6.07) is 21.9. The van der Waals surface area contributed by atoms with Crippen LogP contribution in [0.2, 0.25) is 0 Å². The van der Waals surface area contributed by atoms with E-state index in [2.05, 4.69) is 0 Å². The molecular weight excluding hydrogens is 620 g/mol. The summed E-state index contributed by atoms with van der Waals surface area (Å²) in [5.74, 6) is -1.93. The van der Waals surface area contributed by atoms with Gasteiger partial charge in [0.25, 0.3) is 5.79 Å². The average Bonchev–Trinajstić information content (AvgIpc) is 3.75. The van der Waals surface area contributed by atoms with Gasteiger partial charge in [0.05, 0.1) is 10.8 Å². The van der Waals surface area contributed by atoms with Crippen molar-refractivity contribution in [2.45, 2.75) is 116 Å². The van der Waals surface area contributed by atoms with Crippen LogP contribution in [0.15, 0.2) is 72.8 Å². The standard InChI is InChI=1S/C41H48O8/c1-5-38(3,36(44)46-32-16-13-17-33-34(32)35(43)48-41(47-33)24-11-12-25-41)27-39(4,26-28(2)29-18-20-31(42)21-19-29)37(45)49-40(22-9-10-23-40)30-14-7-6-8-15-30/h6-8,13-21,28,42H,5,9-12,22-27H2,1-4H3. The van der Waals surface area contributed by atoms with Crippen molar-refractivity contribution in [1.82, 2.24) is 0 Å². The second kappa shape index (κ2) is 13.5. The van der Waals surface area contributed by atoms with Gasteiger partial charge in [-0.1, -0.05) is 62.4 Å². The van der Waals surface area contributed by atoms with Crippen molar-refractivity contribution in [3.05, 3.63) is 89.5 Å². The van der Waals surface area contributed by atoms with Crippen LogP contribution in [0.4, 0.5) is 0 Å². The van der Waals surface area contributed by atoms with Crippen molar-refractivity contribution in [2.24, 2.45) is 10.8 Å². The molecule has 260 valence electrons. The molecule has 2 fully saturated rings. The molecule has 49 heavy (non-hydrogen) atoms. The van der Waals surface area contributed by atoms with E-state index in [1.54, 1.807) is 30.3 Å². The van der Waals surface area contributed by atoms with E-state index in [0.717, 1.165) is 49.7 Å². The van der Waals surface area contributed by atoms with Gasteiger partial charge in [0.15, 0.2) is 0 Å². The zero-order valence-electron chi connectivity index (χ0n) is 29.1. The highest BCUT2D eigenvalue weighted by molar-refractivity contribution is 5.98. The highest BCUT2D eigenvalue weighted by Crippen LogP contribution is 2.50. The van der Waals surface area contributed by atoms with Crippen LogP contribution in [0.5, 0.6) is 17.2 Å². The maximum atomic E-state index is 14.7. The monoisotopic (exact) mass is 668 g/mol. The lowest BCUT2D eigenvalue weighted by Gasteiger charge is -2.40. The molecular formula is C41H48O8. The lowest BCUT2D eigenvalue weighted by molar-refractivity contribution is -0.176. The molecule has 3 atom stereocenters. The van der Waals surface area contributed by atoms with Crippen molar-refractivity contribution in [1.29, 1.82) is 0 Å². The summed E-state index contributed by atoms with van der Waals surface area (Å²) in [6.07, 6.45) is 7.37. The molecule has 0 aromatic heterocycles. The highest BCUT2D eigenvalue weighted by Gasteiger charge is 2.51. The molecule has 1 heterocycles. The third kappa shape index (κ3) is 6.92. The number of hydrogen-bond acceptors (Lipinski definition) is 8. The number of aromatic hydroxyl groups is 1. The van der Waals surface area contributed by atoms with Crippen LogP contribution in [-0.2, 0) is 24.7 Å². The summed E-state index contributed by atoms with van der Waals surface area (Å²) >= 11 is 0. The van der Waals surface area contributed by atoms with Gasteiger partial charge in [0.1, 0.15) is 28.4 Å². The SMILES string of the molecule is CCC(C)(CC(C)(CC(C)c1ccc(O)cc1)C(=O)OC1(c2ccccc2)CCCC1)C(=O)Oc1cccc2c1C(=O)OC1(CCCC1)O2. The number of fused-ring (bicyclic) bond motifs is 1. The van der Waals surface area contributed by atoms with Gasteiger partial charge >= 0.3 is 17.9 Å². The Morgan fingerprint density at radius 2 is 1.49 bits per heavy atom. The Morgan fingerprint density at radius 3 is 2.14 bits per heavy atom. The van der Waals surface area contributed by atoms with E-state index in [-0.39, 0.29) is 35.4 Å². The normalized spacial score (nSPS) is 20.6. The van der Waals surface area contributed by atoms with Crippen LogP contribution < -0.4 is 9.47 Å². The van der Waals surface area contributed by atoms with Gasteiger partial charge in [-0.05, 0) is 113 Å². The maximum Gasteiger partial charge on any atom is 0.349 e. The van der Waals surface area contributed by atoms with Crippen molar-refractivity contribution >= 4 is 17.9 Å². The average molecular weight is 669 g/mol. The number of phenolic OH excluding ortho intramolecular Hbond substituents is 1. The first-order valence-electron chi connectivity index (χ1n) is 17.8. The lowest BCUT2D eigenvalue weighted by atomic mass is 9.67. The Bertz CT molecular complexity index is 1670. The molecule has 1 aliphatic heterocycles. The number of phenols is 1. The molecule has 8 nitrogen and oxygen atoms in total. The van der Waals surface area contributed by atoms with E-state index >= 15 is 0 Å². The van der Waals surface area contributed by atoms with E-state index < -0.39 is 34.2 Å². The minimum atomic E-state index is -1.12. The quantitative estimate of drug-likeness (QED) is 0.159. The van der Waals surface area contributed by atoms with Gasteiger partial charge < -0.3 is 24.1 Å². The van der Waals surface area contributed by atoms with E-state index in [0.29, 0.717) is 31.4 Å². The number of carbonyl (C=O) groups is 3. The Hall–Kier alpha value is -4.33. The number of ether oxygens (including phenoxy) is 4. The minimum Gasteiger partial charge on any atom is -0.508 e. The fourth-order valence-corrected chi connectivity index (χ4v) is 8.13. The third-order valence-corrected chi connectivity index (χ3v) is 11.1. The van der Waals surface area contributed by atoms with E-state index in [9.17, 15) is 19.5 Å². The first-order valence-corrected chi connectivity index (χ1v) is 17.8. The van der Waals surface area contributed by atoms with Crippen molar-refractivity contribution in [2.75, 3.05) is 0 Å². The molecule has 0 amide bonds. The fourth-order valence-electron chi connectivity index (χ4n) is 8.13. The van der Waals surface area contributed by atoms with Crippen LogP contribution in [0.25, 0.3) is 0 Å². The minimum absolute atomic E-state index is 0.0794. The molecule has 0 radical (unpaired) electrons. The predicted molar refractivity (Wildman–Crippen MR) is 184 cm³/mol. The molecule has 3 aromatic rings. The summed E-state index contributed by atoms with van der Waals surface area (Å²) in [5.41, 5.74) is -0.905. The van der Waals surface area contributed by atoms with Gasteiger partial charge in [0.2, 0.25) is 0 Å². The molecule has 2 saturated carbocycles. The predicted octanol–water partition coefficient (Wildman–Crippen LogP) is 9.14. The number of esters is 3. The van der Waals surface area contributed by atoms with Gasteiger partial charge in [-0.2, -0.15) is 0 Å². The largest absolute Gasteiger partial charge is 0.508 e. The third-order valence-electron chi connectivity index (χ3n) is 11.1. The molecule has 0 saturated heterocycles. The van der Waals surface area contributed by atoms with Gasteiger partial charge in [-0.3, -0.25) is 9.59 Å². The molecule has 3 aromatic carbocycles. The number of hydrogen-bond donors (Lipinski definition) is 1. The summed E-state index contributed by atoms with van der Waals surface area (Å²) < 4.78 is 24.6. The summed E-state index contributed by atoms with van der Waals surface area (Å²) in [4.78, 5) is 42.2. The van der Waals surface area contributed by atoms with Crippen LogP contribution in [0.1, 0.15) is 126 Å². The second-order valence-electron chi connectivity index (χ2n) is 14.9. The van der Waals surface area contributed by atoms with Gasteiger partial charge in [-0.25, -0.2) is 4.79 Å². The molecule has 0 bridgehead atoms. The molecule has 8 heteroatoms. The topological polar surface area (TPSA) is 108 Å². The smallest absolute Gasteiger partial charge is 0.349 e. The second-order valence-corrected chi connectivity index (χ2v) is 14.9. The molecule has 1 N–H and O–H groups in total. The zero-order chi connectivity index (χ0) is 34.9. The van der Waals surface area contributed by atoms with Crippen molar-refractivity contribution < 1.29 is 38.4 Å². The van der Waals surface area contributed by atoms with Crippen LogP contribution >= 0.6 is 0 Å². The zero-order valence-corrected chi connectivity index (χ0v) is 29.1. The lowest BCUT2D eigenvalue weighted by Crippen LogP contribution is -2.44. The first kappa shape index (κ1) is 34.5. The summed E-state index contributed by atoms with van der Waals surface area (Å²) in [5, 5.41) is 9.90. The van der Waals surface area contributed by atoms with E-state index in [1.165, 1.54) is 0 Å². The van der Waals surface area contributed by atoms with E-state index in [4.69, 9.17) is 18.9 Å². The fraction of sp³-hybridized carbons (Fsp3) is 0.488. The Kier molecular flexibility index (Phi) is 9.53. The number of carbonyl (C=O) groups excluding carboxylic acids is 3. The first-order chi connectivity index (χ1) is 23.4. The molecule has 1 spiro atoms. The molecule has 3 aliphatic rings. The molecule has 2 aliphatic carbocycles. The summed E-state index contributed by atoms with van der Waals surface area (Å²) in [6.45, 7) is 7.64. The Morgan fingerprint density at radius 1 is 0.837 bits per heavy atom. The van der Waals surface area contributed by atoms with Crippen molar-refractivity contribution in [3.63, 3.8) is 0 Å². The van der Waals surface area contributed by atoms with Gasteiger partial charge in [-0.15, -0.1) is 0 Å².